The summed E-state index contributed by atoms with van der Waals surface area (Å²) < 4.78 is 0. The van der Waals surface area contributed by atoms with Crippen molar-refractivity contribution in [1.82, 2.24) is 5.32 Å². The zero-order valence-corrected chi connectivity index (χ0v) is 7.27. The molecular formula is C8H15NO2. The van der Waals surface area contributed by atoms with E-state index in [0.29, 0.717) is 0 Å². The lowest BCUT2D eigenvalue weighted by atomic mass is 9.75. The van der Waals surface area contributed by atoms with Crippen LogP contribution in [-0.4, -0.2) is 23.2 Å². The Labute approximate surface area is 66.8 Å². The van der Waals surface area contributed by atoms with Crippen LogP contribution in [0.5, 0.6) is 0 Å². The minimum atomic E-state index is -0.750. The van der Waals surface area contributed by atoms with E-state index in [2.05, 4.69) is 5.32 Å². The van der Waals surface area contributed by atoms with E-state index in [4.69, 9.17) is 5.11 Å². The van der Waals surface area contributed by atoms with Crippen molar-refractivity contribution in [2.24, 2.45) is 5.41 Å². The summed E-state index contributed by atoms with van der Waals surface area (Å²) >= 11 is 0. The first-order valence-electron chi connectivity index (χ1n) is 3.88. The number of aliphatic carboxylic acids is 1. The van der Waals surface area contributed by atoms with Gasteiger partial charge >= 0.3 is 5.97 Å². The fraction of sp³-hybridized carbons (Fsp3) is 0.875. The van der Waals surface area contributed by atoms with Crippen LogP contribution in [0.15, 0.2) is 0 Å². The van der Waals surface area contributed by atoms with E-state index in [0.717, 1.165) is 13.0 Å². The quantitative estimate of drug-likeness (QED) is 0.593. The van der Waals surface area contributed by atoms with Crippen LogP contribution in [-0.2, 0) is 4.79 Å². The van der Waals surface area contributed by atoms with Gasteiger partial charge in [0.2, 0.25) is 0 Å². The molecule has 11 heavy (non-hydrogen) atoms. The first kappa shape index (κ1) is 8.53. The summed E-state index contributed by atoms with van der Waals surface area (Å²) in [6.07, 6.45) is 0.926. The summed E-state index contributed by atoms with van der Waals surface area (Å²) in [4.78, 5) is 10.9. The molecule has 0 aromatic rings. The van der Waals surface area contributed by atoms with Gasteiger partial charge in [-0.15, -0.1) is 0 Å². The Hall–Kier alpha value is -0.570. The number of hydrogen-bond donors (Lipinski definition) is 2. The highest BCUT2D eigenvalue weighted by Gasteiger charge is 2.50. The van der Waals surface area contributed by atoms with Crippen LogP contribution in [0.3, 0.4) is 0 Å². The van der Waals surface area contributed by atoms with Gasteiger partial charge in [-0.05, 0) is 25.3 Å². The second-order valence-electron chi connectivity index (χ2n) is 3.99. The molecule has 1 heterocycles. The largest absolute Gasteiger partial charge is 0.480 e. The van der Waals surface area contributed by atoms with E-state index in [9.17, 15) is 4.79 Å². The summed E-state index contributed by atoms with van der Waals surface area (Å²) in [5.41, 5.74) is -0.883. The molecule has 0 amide bonds. The molecule has 0 aromatic carbocycles. The molecule has 0 radical (unpaired) electrons. The van der Waals surface area contributed by atoms with Crippen molar-refractivity contribution in [1.29, 1.82) is 0 Å². The number of carboxylic acid groups (broad SMARTS) is 1. The Kier molecular flexibility index (Phi) is 1.71. The molecule has 1 aliphatic heterocycles. The van der Waals surface area contributed by atoms with Crippen LogP contribution in [0.25, 0.3) is 0 Å². The van der Waals surface area contributed by atoms with Gasteiger partial charge in [0.1, 0.15) is 5.54 Å². The van der Waals surface area contributed by atoms with E-state index in [-0.39, 0.29) is 5.41 Å². The summed E-state index contributed by atoms with van der Waals surface area (Å²) in [7, 11) is 0. The third kappa shape index (κ3) is 1.03. The van der Waals surface area contributed by atoms with Crippen LogP contribution < -0.4 is 5.32 Å². The molecule has 3 heteroatoms. The highest BCUT2D eigenvalue weighted by molar-refractivity contribution is 5.80. The normalized spacial score (nSPS) is 35.5. The summed E-state index contributed by atoms with van der Waals surface area (Å²) in [6, 6.07) is 0. The number of carboxylic acids is 1. The Morgan fingerprint density at radius 1 is 1.45 bits per heavy atom. The van der Waals surface area contributed by atoms with Gasteiger partial charge in [0.25, 0.3) is 0 Å². The predicted octanol–water partition coefficient (Wildman–Crippen LogP) is 0.849. The lowest BCUT2D eigenvalue weighted by molar-refractivity contribution is -0.147. The molecule has 0 aliphatic carbocycles. The van der Waals surface area contributed by atoms with Crippen molar-refractivity contribution in [2.75, 3.05) is 6.54 Å². The molecule has 0 aromatic heterocycles. The number of nitrogens with one attached hydrogen (secondary N) is 1. The maximum absolute atomic E-state index is 10.9. The fourth-order valence-corrected chi connectivity index (χ4v) is 1.48. The number of hydrogen-bond acceptors (Lipinski definition) is 2. The smallest absolute Gasteiger partial charge is 0.324 e. The van der Waals surface area contributed by atoms with Gasteiger partial charge in [-0.3, -0.25) is 4.79 Å². The van der Waals surface area contributed by atoms with Gasteiger partial charge in [-0.25, -0.2) is 0 Å². The summed E-state index contributed by atoms with van der Waals surface area (Å²) in [5.74, 6) is -0.750. The zero-order chi connectivity index (χ0) is 8.70. The van der Waals surface area contributed by atoms with Crippen molar-refractivity contribution < 1.29 is 9.90 Å². The minimum Gasteiger partial charge on any atom is -0.480 e. The average Bonchev–Trinajstić information content (AvgIpc) is 2.09. The highest BCUT2D eigenvalue weighted by Crippen LogP contribution is 2.38. The van der Waals surface area contributed by atoms with Crippen LogP contribution >= 0.6 is 0 Å². The predicted molar refractivity (Wildman–Crippen MR) is 42.4 cm³/mol. The molecule has 1 aliphatic rings. The third-order valence-electron chi connectivity index (χ3n) is 3.01. The lowest BCUT2D eigenvalue weighted by Gasteiger charge is -2.33. The zero-order valence-electron chi connectivity index (χ0n) is 7.27. The van der Waals surface area contributed by atoms with Crippen molar-refractivity contribution >= 4 is 5.97 Å². The molecule has 0 bridgehead atoms. The van der Waals surface area contributed by atoms with Gasteiger partial charge in [-0.2, -0.15) is 0 Å². The molecule has 1 saturated heterocycles. The van der Waals surface area contributed by atoms with Crippen molar-refractivity contribution in [3.8, 4) is 0 Å². The molecule has 2 N–H and O–H groups in total. The van der Waals surface area contributed by atoms with E-state index < -0.39 is 11.5 Å². The van der Waals surface area contributed by atoms with Crippen LogP contribution in [0, 0.1) is 5.41 Å². The Morgan fingerprint density at radius 3 is 2.18 bits per heavy atom. The molecule has 3 nitrogen and oxygen atoms in total. The molecule has 0 saturated carbocycles. The van der Waals surface area contributed by atoms with Crippen molar-refractivity contribution in [3.63, 3.8) is 0 Å². The van der Waals surface area contributed by atoms with E-state index in [1.54, 1.807) is 6.92 Å². The second-order valence-corrected chi connectivity index (χ2v) is 3.99. The lowest BCUT2D eigenvalue weighted by Crippen LogP contribution is -2.53. The summed E-state index contributed by atoms with van der Waals surface area (Å²) in [6.45, 7) is 6.53. The molecule has 1 atom stereocenters. The standard InChI is InChI=1S/C8H15NO2/c1-7(2)4-5-9-8(7,3)6(10)11/h9H,4-5H2,1-3H3,(H,10,11). The van der Waals surface area contributed by atoms with Gasteiger partial charge in [0.15, 0.2) is 0 Å². The number of carbonyl (C=O) groups is 1. The van der Waals surface area contributed by atoms with Crippen LogP contribution in [0.1, 0.15) is 27.2 Å². The van der Waals surface area contributed by atoms with Crippen LogP contribution in [0.2, 0.25) is 0 Å². The second kappa shape index (κ2) is 2.21. The monoisotopic (exact) mass is 157 g/mol. The fourth-order valence-electron chi connectivity index (χ4n) is 1.48. The Morgan fingerprint density at radius 2 is 2.00 bits per heavy atom. The van der Waals surface area contributed by atoms with E-state index in [1.807, 2.05) is 13.8 Å². The Balaban J connectivity index is 2.93. The van der Waals surface area contributed by atoms with Crippen molar-refractivity contribution in [2.45, 2.75) is 32.7 Å². The molecular weight excluding hydrogens is 142 g/mol. The van der Waals surface area contributed by atoms with Gasteiger partial charge in [0.05, 0.1) is 0 Å². The Bertz CT molecular complexity index is 189. The van der Waals surface area contributed by atoms with Gasteiger partial charge in [-0.1, -0.05) is 13.8 Å². The first-order chi connectivity index (χ1) is 4.90. The molecule has 1 rings (SSSR count). The average molecular weight is 157 g/mol. The van der Waals surface area contributed by atoms with Crippen molar-refractivity contribution in [3.05, 3.63) is 0 Å². The maximum Gasteiger partial charge on any atom is 0.324 e. The van der Waals surface area contributed by atoms with Gasteiger partial charge < -0.3 is 10.4 Å². The third-order valence-corrected chi connectivity index (χ3v) is 3.01. The van der Waals surface area contributed by atoms with Gasteiger partial charge in [0, 0.05) is 0 Å². The minimum absolute atomic E-state index is 0.140. The molecule has 0 spiro atoms. The van der Waals surface area contributed by atoms with E-state index >= 15 is 0 Å². The molecule has 1 fully saturated rings. The molecule has 1 unspecified atom stereocenters. The summed E-state index contributed by atoms with van der Waals surface area (Å²) in [5, 5.41) is 12.0. The SMILES string of the molecule is CC1(C)CCNC1(C)C(=O)O. The van der Waals surface area contributed by atoms with E-state index in [1.165, 1.54) is 0 Å². The molecule has 64 valence electrons. The topological polar surface area (TPSA) is 49.3 Å². The highest BCUT2D eigenvalue weighted by atomic mass is 16.4. The maximum atomic E-state index is 10.9. The van der Waals surface area contributed by atoms with Crippen LogP contribution in [0.4, 0.5) is 0 Å². The first-order valence-corrected chi connectivity index (χ1v) is 3.88. The number of rotatable bonds is 1.